The zero-order valence-corrected chi connectivity index (χ0v) is 20.4. The van der Waals surface area contributed by atoms with Crippen LogP contribution in [0.2, 0.25) is 5.02 Å². The Balaban J connectivity index is 1.30. The number of benzene rings is 2. The summed E-state index contributed by atoms with van der Waals surface area (Å²) < 4.78 is 7.40. The lowest BCUT2D eigenvalue weighted by atomic mass is 10.1. The fraction of sp³-hybridized carbons (Fsp3) is 0.0870. The van der Waals surface area contributed by atoms with E-state index in [0.717, 1.165) is 38.2 Å². The topological polar surface area (TPSA) is 97.3 Å². The van der Waals surface area contributed by atoms with Crippen LogP contribution in [-0.4, -0.2) is 30.8 Å². The first-order chi connectivity index (χ1) is 16.4. The molecule has 5 rings (SSSR count). The van der Waals surface area contributed by atoms with Gasteiger partial charge < -0.3 is 9.73 Å². The van der Waals surface area contributed by atoms with Gasteiger partial charge in [0.05, 0.1) is 0 Å². The molecule has 0 aliphatic heterocycles. The number of hydrogen-bond donors (Lipinski definition) is 2. The number of aryl methyl sites for hydroxylation is 1. The molecule has 2 N–H and O–H groups in total. The van der Waals surface area contributed by atoms with Crippen molar-refractivity contribution in [1.82, 2.24) is 25.1 Å². The molecule has 34 heavy (non-hydrogen) atoms. The minimum absolute atomic E-state index is 0.139. The minimum Gasteiger partial charge on any atom is -0.451 e. The normalized spacial score (nSPS) is 11.0. The standard InChI is InChI=1S/C23H17ClN6O2S2/c1-12-16(21-29-30-13(2)27-28-23(30)34-21)7-4-8-17(12)25-22(33)26-20(31)19-10-9-18(32-19)14-5-3-6-15(24)11-14/h3-11H,1-2H3,(H2,25,26,31,33). The van der Waals surface area contributed by atoms with Crippen molar-refractivity contribution in [2.45, 2.75) is 13.8 Å². The van der Waals surface area contributed by atoms with E-state index in [1.54, 1.807) is 28.8 Å². The van der Waals surface area contributed by atoms with Gasteiger partial charge in [0.2, 0.25) is 4.96 Å². The zero-order valence-electron chi connectivity index (χ0n) is 18.0. The second kappa shape index (κ2) is 8.98. The van der Waals surface area contributed by atoms with Crippen molar-refractivity contribution in [3.63, 3.8) is 0 Å². The average Bonchev–Trinajstić information content (AvgIpc) is 3.53. The van der Waals surface area contributed by atoms with E-state index in [0.29, 0.717) is 10.8 Å². The second-order valence-corrected chi connectivity index (χ2v) is 9.21. The Labute approximate surface area is 208 Å². The van der Waals surface area contributed by atoms with Crippen molar-refractivity contribution in [3.05, 3.63) is 76.8 Å². The first-order valence-electron chi connectivity index (χ1n) is 10.2. The molecule has 0 saturated heterocycles. The molecule has 5 aromatic rings. The Morgan fingerprint density at radius 3 is 2.74 bits per heavy atom. The highest BCUT2D eigenvalue weighted by Gasteiger charge is 2.17. The number of carbonyl (C=O) groups excluding carboxylic acids is 1. The van der Waals surface area contributed by atoms with Crippen LogP contribution in [0.4, 0.5) is 5.69 Å². The molecule has 2 aromatic carbocycles. The molecule has 8 nitrogen and oxygen atoms in total. The number of rotatable bonds is 4. The third kappa shape index (κ3) is 4.30. The molecule has 3 heterocycles. The van der Waals surface area contributed by atoms with Crippen molar-refractivity contribution >= 4 is 56.8 Å². The molecule has 0 aliphatic carbocycles. The minimum atomic E-state index is -0.455. The number of halogens is 1. The monoisotopic (exact) mass is 508 g/mol. The van der Waals surface area contributed by atoms with Gasteiger partial charge in [-0.1, -0.05) is 47.2 Å². The maximum Gasteiger partial charge on any atom is 0.293 e. The largest absolute Gasteiger partial charge is 0.451 e. The first-order valence-corrected chi connectivity index (χ1v) is 11.8. The fourth-order valence-electron chi connectivity index (χ4n) is 3.40. The van der Waals surface area contributed by atoms with Gasteiger partial charge in [0.25, 0.3) is 5.91 Å². The van der Waals surface area contributed by atoms with Crippen LogP contribution in [0.3, 0.4) is 0 Å². The number of nitrogens with zero attached hydrogens (tertiary/aromatic N) is 4. The Kier molecular flexibility index (Phi) is 5.86. The predicted octanol–water partition coefficient (Wildman–Crippen LogP) is 5.51. The zero-order chi connectivity index (χ0) is 23.8. The lowest BCUT2D eigenvalue weighted by Crippen LogP contribution is -2.34. The van der Waals surface area contributed by atoms with Gasteiger partial charge in [0, 0.05) is 21.8 Å². The molecule has 0 fully saturated rings. The number of anilines is 1. The number of fused-ring (bicyclic) bond motifs is 1. The number of furan rings is 1. The van der Waals surface area contributed by atoms with Crippen LogP contribution in [0, 0.1) is 13.8 Å². The summed E-state index contributed by atoms with van der Waals surface area (Å²) in [5.41, 5.74) is 3.40. The van der Waals surface area contributed by atoms with Crippen LogP contribution >= 0.6 is 35.2 Å². The van der Waals surface area contributed by atoms with E-state index >= 15 is 0 Å². The molecule has 0 atom stereocenters. The Morgan fingerprint density at radius 1 is 1.12 bits per heavy atom. The van der Waals surface area contributed by atoms with Gasteiger partial charge in [-0.2, -0.15) is 9.61 Å². The van der Waals surface area contributed by atoms with E-state index in [4.69, 9.17) is 28.2 Å². The number of thiocarbonyl (C=S) groups is 1. The Bertz CT molecular complexity index is 1550. The lowest BCUT2D eigenvalue weighted by Gasteiger charge is -2.13. The molecular formula is C23H17ClN6O2S2. The van der Waals surface area contributed by atoms with E-state index in [2.05, 4.69) is 25.9 Å². The molecule has 0 spiro atoms. The third-order valence-corrected chi connectivity index (χ3v) is 6.50. The van der Waals surface area contributed by atoms with Crippen LogP contribution in [0.25, 0.3) is 26.9 Å². The molecule has 0 saturated carbocycles. The molecule has 11 heteroatoms. The Hall–Kier alpha value is -3.60. The quantitative estimate of drug-likeness (QED) is 0.309. The second-order valence-electron chi connectivity index (χ2n) is 7.41. The van der Waals surface area contributed by atoms with Crippen LogP contribution in [-0.2, 0) is 0 Å². The van der Waals surface area contributed by atoms with Crippen LogP contribution < -0.4 is 10.6 Å². The molecule has 3 aromatic heterocycles. The number of hydrogen-bond acceptors (Lipinski definition) is 7. The number of aromatic nitrogens is 4. The molecular weight excluding hydrogens is 492 g/mol. The average molecular weight is 509 g/mol. The van der Waals surface area contributed by atoms with Gasteiger partial charge in [0.15, 0.2) is 16.7 Å². The first kappa shape index (κ1) is 22.2. The highest BCUT2D eigenvalue weighted by Crippen LogP contribution is 2.32. The smallest absolute Gasteiger partial charge is 0.293 e. The molecule has 0 unspecified atom stereocenters. The molecule has 0 radical (unpaired) electrons. The SMILES string of the molecule is Cc1c(NC(=S)NC(=O)c2ccc(-c3cccc(Cl)c3)o2)cccc1-c1nn2c(C)nnc2s1. The summed E-state index contributed by atoms with van der Waals surface area (Å²) in [5, 5.41) is 20.0. The highest BCUT2D eigenvalue weighted by molar-refractivity contribution is 7.80. The maximum absolute atomic E-state index is 12.6. The van der Waals surface area contributed by atoms with Crippen molar-refractivity contribution < 1.29 is 9.21 Å². The van der Waals surface area contributed by atoms with Gasteiger partial charge in [0.1, 0.15) is 10.8 Å². The number of nitrogens with one attached hydrogen (secondary N) is 2. The van der Waals surface area contributed by atoms with Gasteiger partial charge >= 0.3 is 0 Å². The van der Waals surface area contributed by atoms with Crippen molar-refractivity contribution in [2.24, 2.45) is 0 Å². The van der Waals surface area contributed by atoms with Crippen LogP contribution in [0.1, 0.15) is 21.9 Å². The van der Waals surface area contributed by atoms with Crippen molar-refractivity contribution in [1.29, 1.82) is 0 Å². The van der Waals surface area contributed by atoms with E-state index in [1.807, 2.05) is 44.2 Å². The molecule has 170 valence electrons. The van der Waals surface area contributed by atoms with E-state index in [9.17, 15) is 4.79 Å². The molecule has 1 amide bonds. The van der Waals surface area contributed by atoms with Crippen LogP contribution in [0.15, 0.2) is 59.0 Å². The summed E-state index contributed by atoms with van der Waals surface area (Å²) in [6, 6.07) is 16.3. The summed E-state index contributed by atoms with van der Waals surface area (Å²) in [4.78, 5) is 13.4. The van der Waals surface area contributed by atoms with Gasteiger partial charge in [-0.25, -0.2) is 0 Å². The maximum atomic E-state index is 12.6. The summed E-state index contributed by atoms with van der Waals surface area (Å²) >= 11 is 12.9. The lowest BCUT2D eigenvalue weighted by molar-refractivity contribution is 0.0951. The predicted molar refractivity (Wildman–Crippen MR) is 136 cm³/mol. The van der Waals surface area contributed by atoms with E-state index < -0.39 is 5.91 Å². The van der Waals surface area contributed by atoms with E-state index in [-0.39, 0.29) is 10.9 Å². The molecule has 0 aliphatic rings. The summed E-state index contributed by atoms with van der Waals surface area (Å²) in [7, 11) is 0. The summed E-state index contributed by atoms with van der Waals surface area (Å²) in [5.74, 6) is 0.948. The van der Waals surface area contributed by atoms with Gasteiger partial charge in [-0.15, -0.1) is 10.2 Å². The van der Waals surface area contributed by atoms with Gasteiger partial charge in [-0.05, 0) is 62.0 Å². The number of amides is 1. The number of carbonyl (C=O) groups is 1. The van der Waals surface area contributed by atoms with Crippen molar-refractivity contribution in [3.8, 4) is 21.9 Å². The summed E-state index contributed by atoms with van der Waals surface area (Å²) in [6.07, 6.45) is 0. The fourth-order valence-corrected chi connectivity index (χ4v) is 4.76. The van der Waals surface area contributed by atoms with Crippen molar-refractivity contribution in [2.75, 3.05) is 5.32 Å². The third-order valence-electron chi connectivity index (χ3n) is 5.13. The Morgan fingerprint density at radius 2 is 1.94 bits per heavy atom. The van der Waals surface area contributed by atoms with E-state index in [1.165, 1.54) is 11.3 Å². The summed E-state index contributed by atoms with van der Waals surface area (Å²) in [6.45, 7) is 3.81. The van der Waals surface area contributed by atoms with Gasteiger partial charge in [-0.3, -0.25) is 10.1 Å². The molecule has 0 bridgehead atoms. The highest BCUT2D eigenvalue weighted by atomic mass is 35.5. The van der Waals surface area contributed by atoms with Crippen LogP contribution in [0.5, 0.6) is 0 Å².